The molecule has 0 aromatic heterocycles. The van der Waals surface area contributed by atoms with Crippen LogP contribution in [0, 0.1) is 0 Å². The molecule has 1 saturated heterocycles. The number of hydrogen-bond acceptors (Lipinski definition) is 4. The molecule has 4 nitrogen and oxygen atoms in total. The van der Waals surface area contributed by atoms with Crippen LogP contribution in [0.4, 0.5) is 0 Å². The minimum Gasteiger partial charge on any atom is -0.465 e. The summed E-state index contributed by atoms with van der Waals surface area (Å²) in [6.07, 6.45) is 1.86. The summed E-state index contributed by atoms with van der Waals surface area (Å²) in [5, 5.41) is 0. The predicted molar refractivity (Wildman–Crippen MR) is 84.9 cm³/mol. The van der Waals surface area contributed by atoms with Gasteiger partial charge in [0.25, 0.3) is 0 Å². The molecule has 4 heteroatoms. The molecular formula is C17H24N2O2. The maximum absolute atomic E-state index is 11.5. The molecule has 0 aliphatic carbocycles. The second-order valence-corrected chi connectivity index (χ2v) is 5.30. The first-order valence-electron chi connectivity index (χ1n) is 7.53. The molecule has 2 rings (SSSR count). The van der Waals surface area contributed by atoms with Gasteiger partial charge in [0.1, 0.15) is 0 Å². The van der Waals surface area contributed by atoms with Crippen LogP contribution in [-0.2, 0) is 16.1 Å². The average Bonchev–Trinajstić information content (AvgIpc) is 2.50. The van der Waals surface area contributed by atoms with Gasteiger partial charge in [-0.3, -0.25) is 14.6 Å². The third kappa shape index (κ3) is 4.99. The Labute approximate surface area is 127 Å². The highest BCUT2D eigenvalue weighted by molar-refractivity contribution is 5.71. The van der Waals surface area contributed by atoms with Gasteiger partial charge >= 0.3 is 5.97 Å². The highest BCUT2D eigenvalue weighted by Crippen LogP contribution is 2.10. The highest BCUT2D eigenvalue weighted by atomic mass is 16.5. The lowest BCUT2D eigenvalue weighted by Gasteiger charge is -2.34. The Bertz CT molecular complexity index is 462. The third-order valence-electron chi connectivity index (χ3n) is 3.74. The van der Waals surface area contributed by atoms with E-state index >= 15 is 0 Å². The van der Waals surface area contributed by atoms with E-state index in [1.165, 1.54) is 5.56 Å². The number of hydrogen-bond donors (Lipinski definition) is 0. The minimum absolute atomic E-state index is 0.119. The first-order chi connectivity index (χ1) is 10.2. The maximum Gasteiger partial charge on any atom is 0.320 e. The van der Waals surface area contributed by atoms with Crippen LogP contribution < -0.4 is 0 Å². The van der Waals surface area contributed by atoms with Gasteiger partial charge in [0.2, 0.25) is 0 Å². The fourth-order valence-electron chi connectivity index (χ4n) is 2.51. The van der Waals surface area contributed by atoms with E-state index in [1.807, 2.05) is 13.0 Å². The zero-order chi connectivity index (χ0) is 15.1. The van der Waals surface area contributed by atoms with E-state index in [0.29, 0.717) is 13.2 Å². The van der Waals surface area contributed by atoms with Gasteiger partial charge in [-0.1, -0.05) is 36.9 Å². The molecule has 0 N–H and O–H groups in total. The van der Waals surface area contributed by atoms with Crippen molar-refractivity contribution in [2.24, 2.45) is 0 Å². The summed E-state index contributed by atoms with van der Waals surface area (Å²) in [6.45, 7) is 11.3. The summed E-state index contributed by atoms with van der Waals surface area (Å²) in [7, 11) is 0. The summed E-state index contributed by atoms with van der Waals surface area (Å²) >= 11 is 0. The summed E-state index contributed by atoms with van der Waals surface area (Å²) in [5.74, 6) is -0.119. The molecular weight excluding hydrogens is 264 g/mol. The zero-order valence-corrected chi connectivity index (χ0v) is 12.8. The van der Waals surface area contributed by atoms with E-state index in [1.54, 1.807) is 0 Å². The SMILES string of the molecule is C=Cc1ccc(CN2CCN(CC(=O)OCC)CC2)cc1. The van der Waals surface area contributed by atoms with E-state index in [-0.39, 0.29) is 5.97 Å². The number of benzene rings is 1. The van der Waals surface area contributed by atoms with Crippen LogP contribution in [0.15, 0.2) is 30.8 Å². The smallest absolute Gasteiger partial charge is 0.320 e. The van der Waals surface area contributed by atoms with Crippen molar-refractivity contribution in [2.75, 3.05) is 39.3 Å². The molecule has 1 aromatic carbocycles. The number of carbonyl (C=O) groups excluding carboxylic acids is 1. The van der Waals surface area contributed by atoms with E-state index in [9.17, 15) is 4.79 Å². The Kier molecular flexibility index (Phi) is 5.96. The van der Waals surface area contributed by atoms with Gasteiger partial charge in [-0.15, -0.1) is 0 Å². The number of carbonyl (C=O) groups is 1. The van der Waals surface area contributed by atoms with E-state index < -0.39 is 0 Å². The average molecular weight is 288 g/mol. The Morgan fingerprint density at radius 2 is 1.81 bits per heavy atom. The molecule has 0 saturated carbocycles. The number of esters is 1. The second-order valence-electron chi connectivity index (χ2n) is 5.30. The zero-order valence-electron chi connectivity index (χ0n) is 12.8. The normalized spacial score (nSPS) is 16.6. The molecule has 1 heterocycles. The Balaban J connectivity index is 1.75. The van der Waals surface area contributed by atoms with Crippen LogP contribution in [0.1, 0.15) is 18.1 Å². The molecule has 0 amide bonds. The molecule has 0 bridgehead atoms. The van der Waals surface area contributed by atoms with Gasteiger partial charge in [-0.05, 0) is 18.1 Å². The predicted octanol–water partition coefficient (Wildman–Crippen LogP) is 2.01. The van der Waals surface area contributed by atoms with Gasteiger partial charge in [0.15, 0.2) is 0 Å². The van der Waals surface area contributed by atoms with Crippen molar-refractivity contribution in [3.63, 3.8) is 0 Å². The molecule has 0 atom stereocenters. The molecule has 1 fully saturated rings. The van der Waals surface area contributed by atoms with Gasteiger partial charge in [-0.2, -0.15) is 0 Å². The van der Waals surface area contributed by atoms with Gasteiger partial charge in [-0.25, -0.2) is 0 Å². The number of nitrogens with zero attached hydrogens (tertiary/aromatic N) is 2. The van der Waals surface area contributed by atoms with Crippen molar-refractivity contribution in [3.8, 4) is 0 Å². The first-order valence-corrected chi connectivity index (χ1v) is 7.53. The van der Waals surface area contributed by atoms with Gasteiger partial charge in [0.05, 0.1) is 13.2 Å². The van der Waals surface area contributed by atoms with E-state index in [2.05, 4.69) is 40.6 Å². The minimum atomic E-state index is -0.119. The topological polar surface area (TPSA) is 32.8 Å². The van der Waals surface area contributed by atoms with Gasteiger partial charge < -0.3 is 4.74 Å². The molecule has 114 valence electrons. The molecule has 21 heavy (non-hydrogen) atoms. The standard InChI is InChI=1S/C17H24N2O2/c1-3-15-5-7-16(8-6-15)13-18-9-11-19(12-10-18)14-17(20)21-4-2/h3,5-8H,1,4,9-14H2,2H3. The van der Waals surface area contributed by atoms with Crippen LogP contribution in [0.2, 0.25) is 0 Å². The number of ether oxygens (including phenoxy) is 1. The molecule has 1 aromatic rings. The summed E-state index contributed by atoms with van der Waals surface area (Å²) in [6, 6.07) is 8.50. The van der Waals surface area contributed by atoms with Crippen molar-refractivity contribution < 1.29 is 9.53 Å². The van der Waals surface area contributed by atoms with Crippen LogP contribution >= 0.6 is 0 Å². The fraction of sp³-hybridized carbons (Fsp3) is 0.471. The summed E-state index contributed by atoms with van der Waals surface area (Å²) in [5.41, 5.74) is 2.47. The second kappa shape index (κ2) is 7.96. The Hall–Kier alpha value is -1.65. The van der Waals surface area contributed by atoms with Crippen molar-refractivity contribution in [2.45, 2.75) is 13.5 Å². The molecule has 0 unspecified atom stereocenters. The number of rotatable bonds is 6. The maximum atomic E-state index is 11.5. The Morgan fingerprint density at radius 3 is 2.38 bits per heavy atom. The monoisotopic (exact) mass is 288 g/mol. The lowest BCUT2D eigenvalue weighted by Crippen LogP contribution is -2.47. The molecule has 0 radical (unpaired) electrons. The van der Waals surface area contributed by atoms with Crippen LogP contribution in [-0.4, -0.2) is 55.1 Å². The first kappa shape index (κ1) is 15.7. The summed E-state index contributed by atoms with van der Waals surface area (Å²) in [4.78, 5) is 16.0. The van der Waals surface area contributed by atoms with Crippen molar-refractivity contribution >= 4 is 12.0 Å². The van der Waals surface area contributed by atoms with Crippen molar-refractivity contribution in [1.82, 2.24) is 9.80 Å². The lowest BCUT2D eigenvalue weighted by molar-refractivity contribution is -0.144. The molecule has 0 spiro atoms. The largest absolute Gasteiger partial charge is 0.465 e. The number of piperazine rings is 1. The Morgan fingerprint density at radius 1 is 1.19 bits per heavy atom. The quantitative estimate of drug-likeness (QED) is 0.750. The highest BCUT2D eigenvalue weighted by Gasteiger charge is 2.19. The fourth-order valence-corrected chi connectivity index (χ4v) is 2.51. The summed E-state index contributed by atoms with van der Waals surface area (Å²) < 4.78 is 4.99. The van der Waals surface area contributed by atoms with E-state index in [4.69, 9.17) is 4.74 Å². The third-order valence-corrected chi connectivity index (χ3v) is 3.74. The van der Waals surface area contributed by atoms with Crippen molar-refractivity contribution in [3.05, 3.63) is 42.0 Å². The van der Waals surface area contributed by atoms with Gasteiger partial charge in [0, 0.05) is 32.7 Å². The van der Waals surface area contributed by atoms with Crippen LogP contribution in [0.25, 0.3) is 6.08 Å². The molecule has 1 aliphatic heterocycles. The van der Waals surface area contributed by atoms with E-state index in [0.717, 1.165) is 38.3 Å². The van der Waals surface area contributed by atoms with Crippen LogP contribution in [0.5, 0.6) is 0 Å². The lowest BCUT2D eigenvalue weighted by atomic mass is 10.1. The van der Waals surface area contributed by atoms with Crippen molar-refractivity contribution in [1.29, 1.82) is 0 Å². The molecule has 1 aliphatic rings. The van der Waals surface area contributed by atoms with Crippen LogP contribution in [0.3, 0.4) is 0 Å².